The average Bonchev–Trinajstić information content (AvgIpc) is 3.13. The molecule has 2 amide bonds. The Morgan fingerprint density at radius 3 is 2.08 bits per heavy atom. The number of pyridine rings is 1. The molecule has 0 fully saturated rings. The van der Waals surface area contributed by atoms with E-state index in [1.165, 1.54) is 7.05 Å². The van der Waals surface area contributed by atoms with Crippen LogP contribution in [-0.2, 0) is 48.8 Å². The molecule has 6 N–H and O–H groups in total. The summed E-state index contributed by atoms with van der Waals surface area (Å²) in [7, 11) is 4.57. The summed E-state index contributed by atoms with van der Waals surface area (Å²) in [5, 5.41) is 8.81. The summed E-state index contributed by atoms with van der Waals surface area (Å²) < 4.78 is 32.5. The van der Waals surface area contributed by atoms with Gasteiger partial charge in [0.15, 0.2) is 11.5 Å². The number of carbonyl (C=O) groups excluding carboxylic acids is 2. The fourth-order valence-corrected chi connectivity index (χ4v) is 3.91. The maximum absolute atomic E-state index is 11.0. The molecule has 0 aliphatic carbocycles. The maximum Gasteiger partial charge on any atom is 0.220 e. The monoisotopic (exact) mass is 766 g/mol. The maximum atomic E-state index is 11.0. The Kier molecular flexibility index (Phi) is 24.1. The summed E-state index contributed by atoms with van der Waals surface area (Å²) in [6.07, 6.45) is 1.71. The van der Waals surface area contributed by atoms with E-state index in [-0.39, 0.29) is 39.3 Å². The van der Waals surface area contributed by atoms with E-state index in [9.17, 15) is 18.4 Å². The van der Waals surface area contributed by atoms with Crippen molar-refractivity contribution in [2.45, 2.75) is 33.7 Å². The number of nitrogens with two attached hydrogens (primary N) is 2. The number of benzene rings is 3. The second-order valence-electron chi connectivity index (χ2n) is 9.58. The molecule has 11 nitrogen and oxygen atoms in total. The van der Waals surface area contributed by atoms with Gasteiger partial charge < -0.3 is 47.2 Å². The van der Waals surface area contributed by atoms with Crippen molar-refractivity contribution in [1.29, 1.82) is 0 Å². The van der Waals surface area contributed by atoms with Gasteiger partial charge in [-0.25, -0.2) is 13.8 Å². The molecule has 0 aliphatic rings. The van der Waals surface area contributed by atoms with Gasteiger partial charge in [-0.1, -0.05) is 68.9 Å². The molecule has 0 atom stereocenters. The number of carbonyl (C=O) groups is 2. The summed E-state index contributed by atoms with van der Waals surface area (Å²) in [4.78, 5) is 25.8. The van der Waals surface area contributed by atoms with Crippen molar-refractivity contribution < 1.29 is 60.6 Å². The van der Waals surface area contributed by atoms with Gasteiger partial charge in [0.05, 0.1) is 20.1 Å². The first-order valence-corrected chi connectivity index (χ1v) is 15.2. The van der Waals surface area contributed by atoms with Gasteiger partial charge in [0.25, 0.3) is 0 Å². The molecule has 0 bridgehead atoms. The molecule has 1 radical (unpaired) electrons. The number of hydrogen-bond donors (Lipinski definition) is 4. The molecule has 14 heteroatoms. The van der Waals surface area contributed by atoms with Crippen LogP contribution >= 0.6 is 0 Å². The zero-order valence-corrected chi connectivity index (χ0v) is 32.0. The van der Waals surface area contributed by atoms with Crippen LogP contribution in [-0.4, -0.2) is 51.5 Å². The van der Waals surface area contributed by atoms with Crippen molar-refractivity contribution in [2.24, 2.45) is 5.84 Å². The Morgan fingerprint density at radius 2 is 1.56 bits per heavy atom. The van der Waals surface area contributed by atoms with Crippen molar-refractivity contribution in [3.8, 4) is 33.8 Å². The molecule has 4 rings (SSSR count). The van der Waals surface area contributed by atoms with E-state index in [0.29, 0.717) is 41.5 Å². The number of aromatic nitrogens is 1. The summed E-state index contributed by atoms with van der Waals surface area (Å²) in [6.45, 7) is 6.01. The molecular weight excluding hydrogens is 721 g/mol. The number of ether oxygens (including phenoxy) is 2. The Balaban J connectivity index is 0.000000848. The Morgan fingerprint density at radius 1 is 0.940 bits per heavy atom. The molecule has 1 heterocycles. The number of hydrogen-bond acceptors (Lipinski definition) is 8. The molecule has 267 valence electrons. The Labute approximate surface area is 318 Å². The van der Waals surface area contributed by atoms with Crippen molar-refractivity contribution >= 4 is 23.8 Å². The third kappa shape index (κ3) is 16.3. The molecule has 3 aromatic carbocycles. The van der Waals surface area contributed by atoms with Gasteiger partial charge in [0.1, 0.15) is 5.82 Å². The number of halogens is 2. The number of anilines is 2. The van der Waals surface area contributed by atoms with E-state index in [1.807, 2.05) is 92.7 Å². The molecule has 1 aromatic heterocycles. The fraction of sp³-hybridized carbons (Fsp3) is 0.250. The normalized spacial score (nSPS) is 9.92. The van der Waals surface area contributed by atoms with E-state index < -0.39 is 12.3 Å². The summed E-state index contributed by atoms with van der Waals surface area (Å²) >= 11 is 0. The summed E-state index contributed by atoms with van der Waals surface area (Å²) in [6, 6.07) is 25.0. The predicted octanol–water partition coefficient (Wildman–Crippen LogP) is 7.32. The minimum absolute atomic E-state index is 0. The molecular formula is C36H45F2N7O4Y-2. The number of amides is 2. The van der Waals surface area contributed by atoms with Crippen molar-refractivity contribution in [3.05, 3.63) is 113 Å². The van der Waals surface area contributed by atoms with Gasteiger partial charge in [-0.05, 0) is 59.5 Å². The van der Waals surface area contributed by atoms with Crippen LogP contribution in [0.4, 0.5) is 20.3 Å². The first-order chi connectivity index (χ1) is 23.7. The van der Waals surface area contributed by atoms with Crippen LogP contribution in [0, 0.1) is 0 Å². The third-order valence-corrected chi connectivity index (χ3v) is 6.30. The molecule has 0 saturated carbocycles. The van der Waals surface area contributed by atoms with Crippen LogP contribution in [0.1, 0.15) is 26.3 Å². The van der Waals surface area contributed by atoms with Crippen LogP contribution in [0.15, 0.2) is 96.8 Å². The number of nitrogen functional groups attached to an aromatic ring is 1. The number of nitrogens with zero attached hydrogens (tertiary/aromatic N) is 3. The minimum atomic E-state index is -2.27. The molecule has 0 aliphatic heterocycles. The first kappa shape index (κ1) is 45.6. The second-order valence-corrected chi connectivity index (χ2v) is 9.58. The van der Waals surface area contributed by atoms with E-state index in [2.05, 4.69) is 26.4 Å². The van der Waals surface area contributed by atoms with Gasteiger partial charge in [-0.2, -0.15) is 7.05 Å². The average molecular weight is 767 g/mol. The topological polar surface area (TPSA) is 170 Å². The van der Waals surface area contributed by atoms with Gasteiger partial charge >= 0.3 is 0 Å². The predicted molar refractivity (Wildman–Crippen MR) is 193 cm³/mol. The third-order valence-electron chi connectivity index (χ3n) is 6.30. The van der Waals surface area contributed by atoms with Crippen molar-refractivity contribution in [3.63, 3.8) is 0 Å². The van der Waals surface area contributed by atoms with E-state index in [1.54, 1.807) is 33.5 Å². The minimum Gasteiger partial charge on any atom is -0.660 e. The smallest absolute Gasteiger partial charge is 0.220 e. The molecule has 4 aromatic rings. The van der Waals surface area contributed by atoms with E-state index in [4.69, 9.17) is 21.1 Å². The molecule has 50 heavy (non-hydrogen) atoms. The molecule has 0 spiro atoms. The number of methoxy groups -OCH3 is 2. The van der Waals surface area contributed by atoms with Crippen molar-refractivity contribution in [2.75, 3.05) is 38.9 Å². The van der Waals surface area contributed by atoms with Crippen LogP contribution in [0.3, 0.4) is 0 Å². The van der Waals surface area contributed by atoms with Crippen LogP contribution < -0.4 is 31.7 Å². The molecule has 0 unspecified atom stereocenters. The largest absolute Gasteiger partial charge is 0.660 e. The fourth-order valence-electron chi connectivity index (χ4n) is 3.91. The second kappa shape index (κ2) is 26.4. The number of rotatable bonds is 12. The zero-order chi connectivity index (χ0) is 36.6. The van der Waals surface area contributed by atoms with Gasteiger partial charge in [-0.15, -0.1) is 0 Å². The SMILES string of the molecule is C/C(=C/NCc1ccccc1)C(=O)[N-]N.CC.COc1ccc(-c2cnc(N)c(-c3ccc(NC=O)cc3)c2)cc1OC.C[N-]CC(F)F.[Y]. The number of alkyl halides is 2. The molecule has 0 saturated heterocycles. The number of nitrogens with one attached hydrogen (secondary N) is 2. The first-order valence-electron chi connectivity index (χ1n) is 15.2. The van der Waals surface area contributed by atoms with E-state index >= 15 is 0 Å². The van der Waals surface area contributed by atoms with Gasteiger partial charge in [0, 0.05) is 68.5 Å². The van der Waals surface area contributed by atoms with Crippen LogP contribution in [0.5, 0.6) is 11.5 Å². The standard InChI is InChI=1S/C20H19N3O3.C11H15N3O.C3H6F2N.C2H6.Y/c1-25-18-8-5-14(10-19(18)26-2)15-9-17(20(21)22-11-15)13-3-6-16(7-4-13)23-12-24;1-9(11(15)14-12)7-13-8-10-5-3-2-4-6-10;1-6-2-3(4)5;1-2;/h3-12H,1-2H3,(H2,21,22)(H,23,24);2-7H,8,12H2,1H3,(H2,13,14,15);3H,2H2,1H3;1-2H3;/q;;-1;;/p-1. The van der Waals surface area contributed by atoms with Crippen molar-refractivity contribution in [1.82, 2.24) is 10.3 Å². The van der Waals surface area contributed by atoms with E-state index in [0.717, 1.165) is 27.8 Å². The van der Waals surface area contributed by atoms with Gasteiger partial charge in [0.2, 0.25) is 12.8 Å². The summed E-state index contributed by atoms with van der Waals surface area (Å²) in [5.41, 5.74) is 15.1. The van der Waals surface area contributed by atoms with Crippen LogP contribution in [0.2, 0.25) is 0 Å². The Hall–Kier alpha value is -4.43. The zero-order valence-electron chi connectivity index (χ0n) is 29.2. The van der Waals surface area contributed by atoms with Crippen LogP contribution in [0.25, 0.3) is 33.0 Å². The Bertz CT molecular complexity index is 1580. The van der Waals surface area contributed by atoms with Gasteiger partial charge in [-0.3, -0.25) is 4.79 Å². The quantitative estimate of drug-likeness (QED) is 0.0382. The summed E-state index contributed by atoms with van der Waals surface area (Å²) in [5.74, 6) is 6.20.